The highest BCUT2D eigenvalue weighted by Gasteiger charge is 2.36. The molecule has 0 bridgehead atoms. The lowest BCUT2D eigenvalue weighted by Crippen LogP contribution is -2.52. The van der Waals surface area contributed by atoms with Crippen LogP contribution in [0.25, 0.3) is 0 Å². The summed E-state index contributed by atoms with van der Waals surface area (Å²) >= 11 is 5.95. The van der Waals surface area contributed by atoms with Crippen molar-refractivity contribution in [3.8, 4) is 0 Å². The molecule has 1 unspecified atom stereocenters. The highest BCUT2D eigenvalue weighted by Crippen LogP contribution is 2.21. The van der Waals surface area contributed by atoms with E-state index in [1.54, 1.807) is 39.0 Å². The maximum atomic E-state index is 12.6. The number of piperazine rings is 1. The third-order valence-electron chi connectivity index (χ3n) is 4.90. The summed E-state index contributed by atoms with van der Waals surface area (Å²) in [6.45, 7) is 5.07. The summed E-state index contributed by atoms with van der Waals surface area (Å²) in [6, 6.07) is 6.89. The molecule has 6 nitrogen and oxygen atoms in total. The standard InChI is InChI=1S/C18H22ClN3O3/c1-2-20-12-14(11-16(20)23)18(25)22-8-6-21(7-9-22)17(24)13-4-3-5-15(19)10-13/h3-5,10,14H,2,6-9,11-12H2,1H3. The Labute approximate surface area is 152 Å². The molecule has 25 heavy (non-hydrogen) atoms. The quantitative estimate of drug-likeness (QED) is 0.817. The number of hydrogen-bond donors (Lipinski definition) is 0. The number of halogens is 1. The summed E-state index contributed by atoms with van der Waals surface area (Å²) in [4.78, 5) is 42.2. The Kier molecular flexibility index (Phi) is 5.27. The molecule has 0 spiro atoms. The first-order valence-electron chi connectivity index (χ1n) is 8.61. The van der Waals surface area contributed by atoms with E-state index in [0.29, 0.717) is 56.3 Å². The van der Waals surface area contributed by atoms with Crippen LogP contribution in [0.1, 0.15) is 23.7 Å². The fourth-order valence-electron chi connectivity index (χ4n) is 3.44. The fraction of sp³-hybridized carbons (Fsp3) is 0.500. The van der Waals surface area contributed by atoms with E-state index in [4.69, 9.17) is 11.6 Å². The van der Waals surface area contributed by atoms with Gasteiger partial charge < -0.3 is 14.7 Å². The molecule has 2 fully saturated rings. The summed E-state index contributed by atoms with van der Waals surface area (Å²) in [5.41, 5.74) is 0.562. The van der Waals surface area contributed by atoms with Crippen LogP contribution in [-0.2, 0) is 9.59 Å². The number of nitrogens with zero attached hydrogens (tertiary/aromatic N) is 3. The van der Waals surface area contributed by atoms with Gasteiger partial charge in [-0.1, -0.05) is 17.7 Å². The minimum atomic E-state index is -0.248. The van der Waals surface area contributed by atoms with E-state index < -0.39 is 0 Å². The van der Waals surface area contributed by atoms with E-state index in [2.05, 4.69) is 0 Å². The smallest absolute Gasteiger partial charge is 0.254 e. The molecule has 0 radical (unpaired) electrons. The number of amides is 3. The molecule has 2 saturated heterocycles. The van der Waals surface area contributed by atoms with Crippen molar-refractivity contribution in [1.29, 1.82) is 0 Å². The van der Waals surface area contributed by atoms with Crippen LogP contribution in [0, 0.1) is 5.92 Å². The van der Waals surface area contributed by atoms with E-state index in [-0.39, 0.29) is 23.6 Å². The fourth-order valence-corrected chi connectivity index (χ4v) is 3.63. The second-order valence-electron chi connectivity index (χ2n) is 6.46. The lowest BCUT2D eigenvalue weighted by molar-refractivity contribution is -0.137. The molecule has 1 aromatic rings. The van der Waals surface area contributed by atoms with Gasteiger partial charge in [0.2, 0.25) is 11.8 Å². The summed E-state index contributed by atoms with van der Waals surface area (Å²) in [7, 11) is 0. The summed E-state index contributed by atoms with van der Waals surface area (Å²) < 4.78 is 0. The number of benzene rings is 1. The molecule has 3 amide bonds. The number of carbonyl (C=O) groups is 3. The van der Waals surface area contributed by atoms with Gasteiger partial charge >= 0.3 is 0 Å². The number of likely N-dealkylation sites (tertiary alicyclic amines) is 1. The van der Waals surface area contributed by atoms with Crippen molar-refractivity contribution in [3.63, 3.8) is 0 Å². The summed E-state index contributed by atoms with van der Waals surface area (Å²) in [5.74, 6) is -0.236. The molecule has 7 heteroatoms. The summed E-state index contributed by atoms with van der Waals surface area (Å²) in [5, 5.41) is 0.533. The zero-order valence-electron chi connectivity index (χ0n) is 14.3. The van der Waals surface area contributed by atoms with Crippen molar-refractivity contribution in [2.24, 2.45) is 5.92 Å². The predicted octanol–water partition coefficient (Wildman–Crippen LogP) is 1.49. The van der Waals surface area contributed by atoms with Crippen LogP contribution >= 0.6 is 11.6 Å². The zero-order valence-corrected chi connectivity index (χ0v) is 15.0. The maximum Gasteiger partial charge on any atom is 0.254 e. The second-order valence-corrected chi connectivity index (χ2v) is 6.90. The molecule has 1 atom stereocenters. The van der Waals surface area contributed by atoms with Gasteiger partial charge in [-0.15, -0.1) is 0 Å². The van der Waals surface area contributed by atoms with Gasteiger partial charge in [0, 0.05) is 56.3 Å². The molecular weight excluding hydrogens is 342 g/mol. The van der Waals surface area contributed by atoms with Crippen LogP contribution in [0.5, 0.6) is 0 Å². The van der Waals surface area contributed by atoms with Crippen LogP contribution in [0.4, 0.5) is 0 Å². The molecule has 2 aliphatic heterocycles. The monoisotopic (exact) mass is 363 g/mol. The molecule has 2 aliphatic rings. The average Bonchev–Trinajstić information content (AvgIpc) is 3.01. The van der Waals surface area contributed by atoms with E-state index in [1.165, 1.54) is 0 Å². The SMILES string of the molecule is CCN1CC(C(=O)N2CCN(C(=O)c3cccc(Cl)c3)CC2)CC1=O. The normalized spacial score (nSPS) is 21.0. The molecule has 134 valence electrons. The zero-order chi connectivity index (χ0) is 18.0. The molecule has 0 aromatic heterocycles. The Morgan fingerprint density at radius 2 is 1.84 bits per heavy atom. The first-order valence-corrected chi connectivity index (χ1v) is 8.98. The highest BCUT2D eigenvalue weighted by atomic mass is 35.5. The number of rotatable bonds is 3. The van der Waals surface area contributed by atoms with Gasteiger partial charge in [-0.25, -0.2) is 0 Å². The molecule has 0 N–H and O–H groups in total. The van der Waals surface area contributed by atoms with Gasteiger partial charge in [0.25, 0.3) is 5.91 Å². The lowest BCUT2D eigenvalue weighted by Gasteiger charge is -2.36. The van der Waals surface area contributed by atoms with E-state index in [0.717, 1.165) is 0 Å². The van der Waals surface area contributed by atoms with Gasteiger partial charge in [0.1, 0.15) is 0 Å². The molecule has 3 rings (SSSR count). The van der Waals surface area contributed by atoms with Crippen molar-refractivity contribution in [1.82, 2.24) is 14.7 Å². The van der Waals surface area contributed by atoms with Crippen molar-refractivity contribution in [3.05, 3.63) is 34.9 Å². The largest absolute Gasteiger partial charge is 0.342 e. The van der Waals surface area contributed by atoms with Crippen LogP contribution in [-0.4, -0.2) is 71.7 Å². The van der Waals surface area contributed by atoms with Gasteiger partial charge in [-0.05, 0) is 25.1 Å². The third kappa shape index (κ3) is 3.79. The van der Waals surface area contributed by atoms with E-state index >= 15 is 0 Å². The Morgan fingerprint density at radius 3 is 2.44 bits per heavy atom. The first-order chi connectivity index (χ1) is 12.0. The minimum absolute atomic E-state index is 0.0270. The first kappa shape index (κ1) is 17.7. The van der Waals surface area contributed by atoms with Crippen molar-refractivity contribution >= 4 is 29.3 Å². The van der Waals surface area contributed by atoms with Gasteiger partial charge in [0.15, 0.2) is 0 Å². The van der Waals surface area contributed by atoms with Crippen LogP contribution in [0.2, 0.25) is 5.02 Å². The van der Waals surface area contributed by atoms with Crippen LogP contribution < -0.4 is 0 Å². The summed E-state index contributed by atoms with van der Waals surface area (Å²) in [6.07, 6.45) is 0.300. The maximum absolute atomic E-state index is 12.6. The predicted molar refractivity (Wildman–Crippen MR) is 94.3 cm³/mol. The van der Waals surface area contributed by atoms with Gasteiger partial charge in [0.05, 0.1) is 5.92 Å². The van der Waals surface area contributed by atoms with Crippen LogP contribution in [0.15, 0.2) is 24.3 Å². The molecule has 2 heterocycles. The minimum Gasteiger partial charge on any atom is -0.342 e. The van der Waals surface area contributed by atoms with Crippen molar-refractivity contribution in [2.45, 2.75) is 13.3 Å². The Balaban J connectivity index is 1.56. The number of carbonyl (C=O) groups excluding carboxylic acids is 3. The third-order valence-corrected chi connectivity index (χ3v) is 5.13. The molecule has 0 aliphatic carbocycles. The number of hydrogen-bond acceptors (Lipinski definition) is 3. The Morgan fingerprint density at radius 1 is 1.16 bits per heavy atom. The molecule has 1 aromatic carbocycles. The van der Waals surface area contributed by atoms with Gasteiger partial charge in [-0.2, -0.15) is 0 Å². The highest BCUT2D eigenvalue weighted by molar-refractivity contribution is 6.30. The average molecular weight is 364 g/mol. The topological polar surface area (TPSA) is 60.9 Å². The van der Waals surface area contributed by atoms with Gasteiger partial charge in [-0.3, -0.25) is 14.4 Å². The van der Waals surface area contributed by atoms with Crippen molar-refractivity contribution < 1.29 is 14.4 Å². The molecular formula is C18H22ClN3O3. The Hall–Kier alpha value is -2.08. The van der Waals surface area contributed by atoms with Crippen molar-refractivity contribution in [2.75, 3.05) is 39.3 Å². The van der Waals surface area contributed by atoms with E-state index in [1.807, 2.05) is 6.92 Å². The lowest BCUT2D eigenvalue weighted by atomic mass is 10.1. The van der Waals surface area contributed by atoms with E-state index in [9.17, 15) is 14.4 Å². The molecule has 0 saturated carbocycles. The second kappa shape index (κ2) is 7.44. The Bertz CT molecular complexity index is 686. The van der Waals surface area contributed by atoms with Crippen LogP contribution in [0.3, 0.4) is 0 Å².